The van der Waals surface area contributed by atoms with E-state index in [1.54, 1.807) is 0 Å². The molecule has 4 heteroatoms. The van der Waals surface area contributed by atoms with Crippen LogP contribution in [0.25, 0.3) is 0 Å². The van der Waals surface area contributed by atoms with Crippen molar-refractivity contribution < 1.29 is 15.0 Å². The van der Waals surface area contributed by atoms with Gasteiger partial charge in [0.25, 0.3) is 0 Å². The van der Waals surface area contributed by atoms with Gasteiger partial charge in [-0.15, -0.1) is 0 Å². The van der Waals surface area contributed by atoms with Gasteiger partial charge in [0.1, 0.15) is 0 Å². The Kier molecular flexibility index (Phi) is 3.64. The van der Waals surface area contributed by atoms with Gasteiger partial charge < -0.3 is 15.1 Å². The highest BCUT2D eigenvalue weighted by molar-refractivity contribution is 5.64. The van der Waals surface area contributed by atoms with Gasteiger partial charge in [0.05, 0.1) is 6.10 Å². The normalized spacial score (nSPS) is 21.8. The number of carboxylic acid groups (broad SMARTS) is 1. The molecule has 1 aliphatic heterocycles. The lowest BCUT2D eigenvalue weighted by atomic mass is 10.1. The fourth-order valence-corrected chi connectivity index (χ4v) is 2.07. The number of amides is 1. The van der Waals surface area contributed by atoms with Crippen molar-refractivity contribution >= 4 is 6.09 Å². The minimum absolute atomic E-state index is 0.296. The first-order chi connectivity index (χ1) is 8.15. The number of fused-ring (bicyclic) bond motifs is 2. The molecule has 0 aromatic rings. The van der Waals surface area contributed by atoms with Crippen LogP contribution in [0.5, 0.6) is 0 Å². The third kappa shape index (κ3) is 3.20. The topological polar surface area (TPSA) is 60.8 Å². The lowest BCUT2D eigenvalue weighted by Crippen LogP contribution is -2.39. The van der Waals surface area contributed by atoms with Gasteiger partial charge in [0.15, 0.2) is 0 Å². The summed E-state index contributed by atoms with van der Waals surface area (Å²) in [5.74, 6) is 0. The molecule has 3 aliphatic rings. The van der Waals surface area contributed by atoms with Crippen LogP contribution >= 0.6 is 0 Å². The highest BCUT2D eigenvalue weighted by Gasteiger charge is 2.19. The first-order valence-electron chi connectivity index (χ1n) is 5.89. The van der Waals surface area contributed by atoms with Gasteiger partial charge in [-0.25, -0.2) is 4.79 Å². The summed E-state index contributed by atoms with van der Waals surface area (Å²) in [6.45, 7) is 0.938. The van der Waals surface area contributed by atoms with Gasteiger partial charge in [-0.3, -0.25) is 0 Å². The van der Waals surface area contributed by atoms with Crippen molar-refractivity contribution in [2.45, 2.75) is 25.4 Å². The second kappa shape index (κ2) is 5.19. The van der Waals surface area contributed by atoms with E-state index in [-0.39, 0.29) is 6.10 Å². The van der Waals surface area contributed by atoms with Crippen molar-refractivity contribution in [3.63, 3.8) is 0 Å². The third-order valence-electron chi connectivity index (χ3n) is 3.17. The summed E-state index contributed by atoms with van der Waals surface area (Å²) in [6, 6.07) is 0. The molecule has 0 atom stereocenters. The number of rotatable bonds is 0. The van der Waals surface area contributed by atoms with Crippen molar-refractivity contribution in [3.8, 4) is 0 Å². The molecule has 0 spiro atoms. The summed E-state index contributed by atoms with van der Waals surface area (Å²) in [4.78, 5) is 11.6. The quantitative estimate of drug-likeness (QED) is 0.674. The number of carbonyl (C=O) groups is 1. The maximum atomic E-state index is 10.3. The zero-order chi connectivity index (χ0) is 12.3. The molecular formula is C13H17NO3. The van der Waals surface area contributed by atoms with Crippen LogP contribution in [0.15, 0.2) is 35.5 Å². The third-order valence-corrected chi connectivity index (χ3v) is 3.17. The van der Waals surface area contributed by atoms with Crippen LogP contribution in [0.1, 0.15) is 19.3 Å². The van der Waals surface area contributed by atoms with Gasteiger partial charge in [-0.2, -0.15) is 0 Å². The Balaban J connectivity index is 0.000000134. The average Bonchev–Trinajstić information content (AvgIpc) is 2.94. The molecule has 1 fully saturated rings. The number of piperidine rings is 1. The number of nitrogens with zero attached hydrogens (tertiary/aromatic N) is 1. The largest absolute Gasteiger partial charge is 0.465 e. The summed E-state index contributed by atoms with van der Waals surface area (Å²) in [5.41, 5.74) is 2.94. The first kappa shape index (κ1) is 11.9. The molecule has 0 aromatic carbocycles. The lowest BCUT2D eigenvalue weighted by molar-refractivity contribution is 0.0769. The summed E-state index contributed by atoms with van der Waals surface area (Å²) < 4.78 is 0. The molecule has 0 saturated carbocycles. The molecule has 2 aliphatic carbocycles. The Labute approximate surface area is 101 Å². The lowest BCUT2D eigenvalue weighted by Gasteiger charge is -2.26. The zero-order valence-electron chi connectivity index (χ0n) is 9.67. The van der Waals surface area contributed by atoms with E-state index in [4.69, 9.17) is 10.2 Å². The number of allylic oxidation sites excluding steroid dienone is 6. The van der Waals surface area contributed by atoms with E-state index in [9.17, 15) is 4.79 Å². The van der Waals surface area contributed by atoms with Crippen LogP contribution in [-0.2, 0) is 0 Å². The van der Waals surface area contributed by atoms with Crippen LogP contribution in [0.3, 0.4) is 0 Å². The van der Waals surface area contributed by atoms with Gasteiger partial charge in [0, 0.05) is 13.1 Å². The first-order valence-corrected chi connectivity index (χ1v) is 5.89. The Morgan fingerprint density at radius 2 is 1.71 bits per heavy atom. The van der Waals surface area contributed by atoms with Crippen molar-refractivity contribution in [2.24, 2.45) is 0 Å². The monoisotopic (exact) mass is 235 g/mol. The molecule has 2 N–H and O–H groups in total. The van der Waals surface area contributed by atoms with E-state index in [2.05, 4.69) is 24.3 Å². The van der Waals surface area contributed by atoms with E-state index in [1.807, 2.05) is 0 Å². The number of hydrogen-bond donors (Lipinski definition) is 2. The van der Waals surface area contributed by atoms with Gasteiger partial charge in [-0.1, -0.05) is 24.3 Å². The van der Waals surface area contributed by atoms with Crippen LogP contribution in [0.2, 0.25) is 0 Å². The Morgan fingerprint density at radius 1 is 1.18 bits per heavy atom. The Morgan fingerprint density at radius 3 is 2.00 bits per heavy atom. The minimum atomic E-state index is -0.883. The molecule has 0 radical (unpaired) electrons. The fourth-order valence-electron chi connectivity index (χ4n) is 2.07. The van der Waals surface area contributed by atoms with Crippen molar-refractivity contribution in [2.75, 3.05) is 13.1 Å². The number of likely N-dealkylation sites (tertiary alicyclic amines) is 1. The predicted octanol–water partition coefficient (Wildman–Crippen LogP) is 1.93. The molecule has 3 rings (SSSR count). The van der Waals surface area contributed by atoms with Crippen molar-refractivity contribution in [1.29, 1.82) is 0 Å². The molecule has 92 valence electrons. The van der Waals surface area contributed by atoms with Crippen LogP contribution in [-0.4, -0.2) is 40.4 Å². The second-order valence-corrected chi connectivity index (χ2v) is 4.49. The number of aliphatic hydroxyl groups excluding tert-OH is 1. The van der Waals surface area contributed by atoms with E-state index < -0.39 is 6.09 Å². The molecule has 17 heavy (non-hydrogen) atoms. The molecule has 0 aromatic heterocycles. The smallest absolute Gasteiger partial charge is 0.407 e. The standard InChI is InChI=1S/C7H6.C6H11NO3/c1-2-7-4-3-6(1)5-7;8-5-1-3-7(4-2-5)6(9)10/h1-4H,5H2;5,8H,1-4H2,(H,9,10). The van der Waals surface area contributed by atoms with Crippen LogP contribution < -0.4 is 0 Å². The molecule has 1 heterocycles. The molecule has 1 amide bonds. The maximum Gasteiger partial charge on any atom is 0.407 e. The Hall–Kier alpha value is -1.55. The molecular weight excluding hydrogens is 218 g/mol. The highest BCUT2D eigenvalue weighted by atomic mass is 16.4. The summed E-state index contributed by atoms with van der Waals surface area (Å²) in [6.07, 6.45) is 9.87. The SMILES string of the molecule is C1=CC2=CC=C1C2.O=C(O)N1CCC(O)CC1. The minimum Gasteiger partial charge on any atom is -0.465 e. The number of aliphatic hydroxyl groups is 1. The fraction of sp³-hybridized carbons (Fsp3) is 0.462. The number of hydrogen-bond acceptors (Lipinski definition) is 2. The summed E-state index contributed by atoms with van der Waals surface area (Å²) in [5, 5.41) is 17.5. The predicted molar refractivity (Wildman–Crippen MR) is 64.8 cm³/mol. The molecule has 1 saturated heterocycles. The second-order valence-electron chi connectivity index (χ2n) is 4.49. The molecule has 2 bridgehead atoms. The zero-order valence-corrected chi connectivity index (χ0v) is 9.67. The van der Waals surface area contributed by atoms with Crippen molar-refractivity contribution in [3.05, 3.63) is 35.5 Å². The molecule has 0 unspecified atom stereocenters. The van der Waals surface area contributed by atoms with E-state index in [1.165, 1.54) is 22.5 Å². The van der Waals surface area contributed by atoms with E-state index in [0.29, 0.717) is 25.9 Å². The average molecular weight is 235 g/mol. The summed E-state index contributed by atoms with van der Waals surface area (Å²) in [7, 11) is 0. The van der Waals surface area contributed by atoms with Crippen LogP contribution in [0.4, 0.5) is 4.79 Å². The highest BCUT2D eigenvalue weighted by Crippen LogP contribution is 2.27. The van der Waals surface area contributed by atoms with E-state index >= 15 is 0 Å². The van der Waals surface area contributed by atoms with Crippen molar-refractivity contribution in [1.82, 2.24) is 4.90 Å². The maximum absolute atomic E-state index is 10.3. The van der Waals surface area contributed by atoms with Gasteiger partial charge in [-0.05, 0) is 30.4 Å². The Bertz CT molecular complexity index is 367. The summed E-state index contributed by atoms with van der Waals surface area (Å²) >= 11 is 0. The van der Waals surface area contributed by atoms with Gasteiger partial charge >= 0.3 is 6.09 Å². The molecule has 4 nitrogen and oxygen atoms in total. The van der Waals surface area contributed by atoms with Crippen LogP contribution in [0, 0.1) is 0 Å². The van der Waals surface area contributed by atoms with Gasteiger partial charge in [0.2, 0.25) is 0 Å². The van der Waals surface area contributed by atoms with E-state index in [0.717, 1.165) is 0 Å².